The van der Waals surface area contributed by atoms with Crippen molar-refractivity contribution in [3.63, 3.8) is 0 Å². The molecule has 2 aromatic carbocycles. The van der Waals surface area contributed by atoms with E-state index in [4.69, 9.17) is 16.0 Å². The van der Waals surface area contributed by atoms with Gasteiger partial charge in [-0.15, -0.1) is 0 Å². The monoisotopic (exact) mass is 409 g/mol. The van der Waals surface area contributed by atoms with Crippen LogP contribution in [0.4, 0.5) is 5.69 Å². The third kappa shape index (κ3) is 4.98. The number of hydrogen-bond donors (Lipinski definition) is 0. The Morgan fingerprint density at radius 3 is 2.59 bits per heavy atom. The van der Waals surface area contributed by atoms with Crippen LogP contribution in [0.25, 0.3) is 11.3 Å². The van der Waals surface area contributed by atoms with Gasteiger partial charge in [-0.05, 0) is 24.6 Å². The summed E-state index contributed by atoms with van der Waals surface area (Å²) in [4.78, 5) is 21.1. The molecule has 29 heavy (non-hydrogen) atoms. The van der Waals surface area contributed by atoms with E-state index in [1.807, 2.05) is 53.4 Å². The third-order valence-corrected chi connectivity index (χ3v) is 5.43. The molecule has 1 aliphatic heterocycles. The van der Waals surface area contributed by atoms with Crippen molar-refractivity contribution in [1.82, 2.24) is 9.88 Å². The molecule has 3 aromatic rings. The van der Waals surface area contributed by atoms with E-state index in [0.29, 0.717) is 18.7 Å². The van der Waals surface area contributed by atoms with E-state index in [2.05, 4.69) is 16.0 Å². The zero-order valence-corrected chi connectivity index (χ0v) is 17.0. The van der Waals surface area contributed by atoms with Crippen molar-refractivity contribution in [3.05, 3.63) is 71.7 Å². The fraction of sp³-hybridized carbons (Fsp3) is 0.304. The van der Waals surface area contributed by atoms with Crippen LogP contribution in [0.3, 0.4) is 0 Å². The number of hydrogen-bond acceptors (Lipinski definition) is 4. The molecule has 0 N–H and O–H groups in total. The van der Waals surface area contributed by atoms with Crippen molar-refractivity contribution in [1.29, 1.82) is 0 Å². The molecule has 1 aromatic heterocycles. The zero-order valence-electron chi connectivity index (χ0n) is 16.3. The van der Waals surface area contributed by atoms with Crippen LogP contribution in [-0.2, 0) is 11.2 Å². The minimum absolute atomic E-state index is 0.200. The summed E-state index contributed by atoms with van der Waals surface area (Å²) in [6, 6.07) is 17.8. The Hall–Kier alpha value is -2.79. The first-order chi connectivity index (χ1) is 14.2. The first-order valence-corrected chi connectivity index (χ1v) is 10.4. The first kappa shape index (κ1) is 19.5. The average molecular weight is 410 g/mol. The molecule has 1 fully saturated rings. The molecule has 0 bridgehead atoms. The van der Waals surface area contributed by atoms with Crippen LogP contribution in [0.2, 0.25) is 5.02 Å². The number of anilines is 1. The van der Waals surface area contributed by atoms with E-state index in [9.17, 15) is 4.79 Å². The summed E-state index contributed by atoms with van der Waals surface area (Å²) in [5.41, 5.74) is 2.13. The number of nitrogens with zero attached hydrogens (tertiary/aromatic N) is 3. The maximum absolute atomic E-state index is 12.5. The standard InChI is InChI=1S/C23H24ClN3O2/c24-19-8-4-9-20(16-19)26-12-14-27(15-13-26)23(28)11-5-10-22-25-17-21(29-22)18-6-2-1-3-7-18/h1-4,6-9,16-17H,5,10-15H2. The number of carbonyl (C=O) groups is 1. The van der Waals surface area contributed by atoms with Crippen LogP contribution < -0.4 is 4.90 Å². The van der Waals surface area contributed by atoms with Gasteiger partial charge in [0.25, 0.3) is 0 Å². The second kappa shape index (κ2) is 9.14. The van der Waals surface area contributed by atoms with Crippen molar-refractivity contribution >= 4 is 23.2 Å². The van der Waals surface area contributed by atoms with Crippen molar-refractivity contribution in [3.8, 4) is 11.3 Å². The Kier molecular flexibility index (Phi) is 6.15. The van der Waals surface area contributed by atoms with Crippen LogP contribution in [0, 0.1) is 0 Å². The quantitative estimate of drug-likeness (QED) is 0.593. The van der Waals surface area contributed by atoms with Crippen molar-refractivity contribution in [2.75, 3.05) is 31.1 Å². The Morgan fingerprint density at radius 2 is 1.83 bits per heavy atom. The van der Waals surface area contributed by atoms with Crippen LogP contribution in [0.15, 0.2) is 65.2 Å². The van der Waals surface area contributed by atoms with Gasteiger partial charge in [0, 0.05) is 55.3 Å². The van der Waals surface area contributed by atoms with Gasteiger partial charge >= 0.3 is 0 Å². The molecule has 1 saturated heterocycles. The maximum atomic E-state index is 12.5. The number of oxazole rings is 1. The minimum Gasteiger partial charge on any atom is -0.441 e. The largest absolute Gasteiger partial charge is 0.441 e. The lowest BCUT2D eigenvalue weighted by atomic mass is 10.2. The van der Waals surface area contributed by atoms with Gasteiger partial charge in [0.15, 0.2) is 11.7 Å². The van der Waals surface area contributed by atoms with E-state index in [1.165, 1.54) is 0 Å². The van der Waals surface area contributed by atoms with Gasteiger partial charge in [0.2, 0.25) is 5.91 Å². The number of aryl methyl sites for hydroxylation is 1. The van der Waals surface area contributed by atoms with Crippen molar-refractivity contribution in [2.45, 2.75) is 19.3 Å². The molecular weight excluding hydrogens is 386 g/mol. The smallest absolute Gasteiger partial charge is 0.222 e. The van der Waals surface area contributed by atoms with E-state index >= 15 is 0 Å². The number of carbonyl (C=O) groups excluding carboxylic acids is 1. The second-order valence-corrected chi connectivity index (χ2v) is 7.62. The molecule has 0 unspecified atom stereocenters. The predicted molar refractivity (Wildman–Crippen MR) is 115 cm³/mol. The van der Waals surface area contributed by atoms with Gasteiger partial charge in [-0.3, -0.25) is 4.79 Å². The lowest BCUT2D eigenvalue weighted by Crippen LogP contribution is -2.48. The molecule has 0 radical (unpaired) electrons. The third-order valence-electron chi connectivity index (χ3n) is 5.20. The number of rotatable bonds is 6. The van der Waals surface area contributed by atoms with E-state index in [1.54, 1.807) is 6.20 Å². The van der Waals surface area contributed by atoms with Crippen LogP contribution in [0.1, 0.15) is 18.7 Å². The molecule has 0 spiro atoms. The molecule has 150 valence electrons. The van der Waals surface area contributed by atoms with Crippen molar-refractivity contribution in [2.24, 2.45) is 0 Å². The fourth-order valence-electron chi connectivity index (χ4n) is 3.60. The molecule has 0 saturated carbocycles. The van der Waals surface area contributed by atoms with Crippen LogP contribution >= 0.6 is 11.6 Å². The molecule has 5 nitrogen and oxygen atoms in total. The fourth-order valence-corrected chi connectivity index (χ4v) is 3.78. The molecule has 1 amide bonds. The molecule has 4 rings (SSSR count). The van der Waals surface area contributed by atoms with E-state index in [0.717, 1.165) is 54.6 Å². The summed E-state index contributed by atoms with van der Waals surface area (Å²) in [6.45, 7) is 3.13. The second-order valence-electron chi connectivity index (χ2n) is 7.19. The summed E-state index contributed by atoms with van der Waals surface area (Å²) in [5.74, 6) is 1.65. The Balaban J connectivity index is 1.22. The molecule has 1 aliphatic rings. The lowest BCUT2D eigenvalue weighted by molar-refractivity contribution is -0.131. The summed E-state index contributed by atoms with van der Waals surface area (Å²) < 4.78 is 5.82. The first-order valence-electron chi connectivity index (χ1n) is 9.97. The highest BCUT2D eigenvalue weighted by Crippen LogP contribution is 2.22. The zero-order chi connectivity index (χ0) is 20.1. The average Bonchev–Trinajstić information content (AvgIpc) is 3.23. The van der Waals surface area contributed by atoms with E-state index in [-0.39, 0.29) is 5.91 Å². The van der Waals surface area contributed by atoms with Crippen LogP contribution in [-0.4, -0.2) is 42.0 Å². The maximum Gasteiger partial charge on any atom is 0.222 e. The molecule has 6 heteroatoms. The summed E-state index contributed by atoms with van der Waals surface area (Å²) in [6.07, 6.45) is 3.67. The Morgan fingerprint density at radius 1 is 1.03 bits per heavy atom. The van der Waals surface area contributed by atoms with Crippen molar-refractivity contribution < 1.29 is 9.21 Å². The molecule has 0 aliphatic carbocycles. The van der Waals surface area contributed by atoms with Gasteiger partial charge in [-0.1, -0.05) is 48.0 Å². The van der Waals surface area contributed by atoms with Gasteiger partial charge in [-0.25, -0.2) is 4.98 Å². The molecule has 2 heterocycles. The number of amides is 1. The summed E-state index contributed by atoms with van der Waals surface area (Å²) in [7, 11) is 0. The normalized spacial score (nSPS) is 14.2. The van der Waals surface area contributed by atoms with Gasteiger partial charge in [0.05, 0.1) is 6.20 Å². The number of piperazine rings is 1. The van der Waals surface area contributed by atoms with E-state index < -0.39 is 0 Å². The number of aromatic nitrogens is 1. The molecular formula is C23H24ClN3O2. The topological polar surface area (TPSA) is 49.6 Å². The summed E-state index contributed by atoms with van der Waals surface area (Å²) >= 11 is 6.08. The van der Waals surface area contributed by atoms with Gasteiger partial charge in [-0.2, -0.15) is 0 Å². The molecule has 0 atom stereocenters. The Bertz CT molecular complexity index is 950. The highest BCUT2D eigenvalue weighted by molar-refractivity contribution is 6.30. The van der Waals surface area contributed by atoms with Gasteiger partial charge in [0.1, 0.15) is 0 Å². The predicted octanol–water partition coefficient (Wildman–Crippen LogP) is 4.67. The minimum atomic E-state index is 0.200. The highest BCUT2D eigenvalue weighted by Gasteiger charge is 2.21. The van der Waals surface area contributed by atoms with Gasteiger partial charge < -0.3 is 14.2 Å². The number of benzene rings is 2. The number of halogens is 1. The Labute approximate surface area is 175 Å². The summed E-state index contributed by atoms with van der Waals surface area (Å²) in [5, 5.41) is 0.739. The lowest BCUT2D eigenvalue weighted by Gasteiger charge is -2.36. The highest BCUT2D eigenvalue weighted by atomic mass is 35.5. The SMILES string of the molecule is O=C(CCCc1ncc(-c2ccccc2)o1)N1CCN(c2cccc(Cl)c2)CC1. The van der Waals surface area contributed by atoms with Crippen LogP contribution in [0.5, 0.6) is 0 Å².